The van der Waals surface area contributed by atoms with E-state index in [4.69, 9.17) is 9.47 Å². The van der Waals surface area contributed by atoms with Crippen LogP contribution in [0.5, 0.6) is 11.5 Å². The van der Waals surface area contributed by atoms with Crippen LogP contribution in [-0.2, 0) is 12.8 Å². The molecule has 2 aromatic rings. The Labute approximate surface area is 172 Å². The molecule has 0 saturated heterocycles. The Morgan fingerprint density at radius 1 is 1.03 bits per heavy atom. The van der Waals surface area contributed by atoms with E-state index >= 15 is 0 Å². The summed E-state index contributed by atoms with van der Waals surface area (Å²) in [6.45, 7) is 4.04. The number of methoxy groups -OCH3 is 1. The summed E-state index contributed by atoms with van der Waals surface area (Å²) >= 11 is 0. The van der Waals surface area contributed by atoms with Crippen molar-refractivity contribution >= 4 is 11.9 Å². The summed E-state index contributed by atoms with van der Waals surface area (Å²) in [5.41, 5.74) is -1.18. The molecule has 2 aromatic carbocycles. The van der Waals surface area contributed by atoms with Crippen LogP contribution >= 0.6 is 0 Å². The van der Waals surface area contributed by atoms with E-state index < -0.39 is 29.2 Å². The highest BCUT2D eigenvalue weighted by atomic mass is 19.4. The van der Waals surface area contributed by atoms with Gasteiger partial charge >= 0.3 is 12.2 Å². The lowest BCUT2D eigenvalue weighted by molar-refractivity contribution is -0.138. The third kappa shape index (κ3) is 5.65. The number of amides is 3. The first kappa shape index (κ1) is 23.1. The monoisotopic (exact) mass is 424 g/mol. The molecule has 0 saturated carbocycles. The van der Waals surface area contributed by atoms with Crippen molar-refractivity contribution < 1.29 is 32.2 Å². The zero-order chi connectivity index (χ0) is 22.3. The van der Waals surface area contributed by atoms with Gasteiger partial charge in [-0.1, -0.05) is 30.3 Å². The minimum atomic E-state index is -4.84. The van der Waals surface area contributed by atoms with Crippen molar-refractivity contribution in [3.8, 4) is 11.5 Å². The molecule has 2 rings (SSSR count). The summed E-state index contributed by atoms with van der Waals surface area (Å²) in [6.07, 6.45) is -4.84. The second-order valence-corrected chi connectivity index (χ2v) is 6.25. The van der Waals surface area contributed by atoms with Gasteiger partial charge in [0.1, 0.15) is 6.61 Å². The van der Waals surface area contributed by atoms with Crippen LogP contribution in [0.25, 0.3) is 0 Å². The predicted octanol–water partition coefficient (Wildman–Crippen LogP) is 4.48. The fraction of sp³-hybridized carbons (Fsp3) is 0.333. The summed E-state index contributed by atoms with van der Waals surface area (Å²) in [6, 6.07) is 9.82. The predicted molar refractivity (Wildman–Crippen MR) is 105 cm³/mol. The molecule has 6 nitrogen and oxygen atoms in total. The van der Waals surface area contributed by atoms with Crippen LogP contribution < -0.4 is 14.8 Å². The van der Waals surface area contributed by atoms with Gasteiger partial charge in [-0.25, -0.2) is 4.79 Å². The van der Waals surface area contributed by atoms with E-state index in [1.165, 1.54) is 12.0 Å². The van der Waals surface area contributed by atoms with Crippen LogP contribution in [0, 0.1) is 0 Å². The van der Waals surface area contributed by atoms with Crippen LogP contribution in [0.4, 0.5) is 18.0 Å². The van der Waals surface area contributed by atoms with Gasteiger partial charge in [-0.2, -0.15) is 13.2 Å². The molecule has 0 spiro atoms. The van der Waals surface area contributed by atoms with Crippen molar-refractivity contribution in [2.24, 2.45) is 0 Å². The number of alkyl halides is 3. The number of urea groups is 1. The zero-order valence-corrected chi connectivity index (χ0v) is 16.9. The number of carbonyl (C=O) groups is 2. The molecular weight excluding hydrogens is 401 g/mol. The van der Waals surface area contributed by atoms with E-state index in [1.807, 2.05) is 11.4 Å². The minimum Gasteiger partial charge on any atom is -0.493 e. The molecule has 0 heterocycles. The van der Waals surface area contributed by atoms with Gasteiger partial charge in [-0.15, -0.1) is 0 Å². The fourth-order valence-electron chi connectivity index (χ4n) is 2.74. The van der Waals surface area contributed by atoms with Crippen molar-refractivity contribution in [1.29, 1.82) is 0 Å². The largest absolute Gasteiger partial charge is 0.493 e. The highest BCUT2D eigenvalue weighted by molar-refractivity contribution is 6.05. The highest BCUT2D eigenvalue weighted by Crippen LogP contribution is 2.39. The maximum absolute atomic E-state index is 13.6. The molecule has 30 heavy (non-hydrogen) atoms. The van der Waals surface area contributed by atoms with E-state index in [-0.39, 0.29) is 18.1 Å². The quantitative estimate of drug-likeness (QED) is 0.712. The summed E-state index contributed by atoms with van der Waals surface area (Å²) < 4.78 is 51.3. The van der Waals surface area contributed by atoms with Gasteiger partial charge in [0.2, 0.25) is 0 Å². The molecule has 0 bridgehead atoms. The molecule has 0 aliphatic carbocycles. The molecule has 0 radical (unpaired) electrons. The van der Waals surface area contributed by atoms with Gasteiger partial charge in [-0.05, 0) is 31.5 Å². The molecule has 3 amide bonds. The smallest absolute Gasteiger partial charge is 0.417 e. The minimum absolute atomic E-state index is 0.0465. The normalized spacial score (nSPS) is 11.0. The fourth-order valence-corrected chi connectivity index (χ4v) is 2.74. The molecular formula is C21H23F3N2O4. The van der Waals surface area contributed by atoms with Crippen LogP contribution in [0.1, 0.15) is 35.3 Å². The number of carbonyl (C=O) groups excluding carboxylic acids is 2. The number of hydrogen-bond acceptors (Lipinski definition) is 4. The third-order valence-corrected chi connectivity index (χ3v) is 4.36. The molecule has 162 valence electrons. The molecule has 0 atom stereocenters. The second-order valence-electron chi connectivity index (χ2n) is 6.25. The van der Waals surface area contributed by atoms with Gasteiger partial charge in [-0.3, -0.25) is 10.1 Å². The van der Waals surface area contributed by atoms with Crippen molar-refractivity contribution in [3.05, 3.63) is 59.2 Å². The van der Waals surface area contributed by atoms with Crippen molar-refractivity contribution in [3.63, 3.8) is 0 Å². The van der Waals surface area contributed by atoms with E-state index in [1.54, 1.807) is 38.1 Å². The summed E-state index contributed by atoms with van der Waals surface area (Å²) in [5, 5.41) is 2.00. The standard InChI is InChI=1S/C21H23F3N2O4/c1-4-26(5-2)20(28)25-19(27)15-11-18(30-13-14-9-7-6-8-10-14)17(29-3)12-16(15)21(22,23)24/h6-12H,4-5,13H2,1-3H3,(H,25,27,28). The van der Waals surface area contributed by atoms with E-state index in [9.17, 15) is 22.8 Å². The van der Waals surface area contributed by atoms with Gasteiger partial charge < -0.3 is 14.4 Å². The molecule has 0 fully saturated rings. The number of imide groups is 1. The number of benzene rings is 2. The zero-order valence-electron chi connectivity index (χ0n) is 16.9. The molecule has 0 unspecified atom stereocenters. The lowest BCUT2D eigenvalue weighted by Gasteiger charge is -2.20. The van der Waals surface area contributed by atoms with Crippen molar-refractivity contribution in [2.45, 2.75) is 26.6 Å². The Morgan fingerprint density at radius 3 is 2.20 bits per heavy atom. The van der Waals surface area contributed by atoms with Crippen molar-refractivity contribution in [1.82, 2.24) is 10.2 Å². The summed E-state index contributed by atoms with van der Waals surface area (Å²) in [5.74, 6) is -1.40. The average molecular weight is 424 g/mol. The Morgan fingerprint density at radius 2 is 1.67 bits per heavy atom. The van der Waals surface area contributed by atoms with Crippen LogP contribution in [0.3, 0.4) is 0 Å². The third-order valence-electron chi connectivity index (χ3n) is 4.36. The molecule has 1 N–H and O–H groups in total. The number of halogens is 3. The first-order valence-corrected chi connectivity index (χ1v) is 9.27. The average Bonchev–Trinajstić information content (AvgIpc) is 2.72. The lowest BCUT2D eigenvalue weighted by Crippen LogP contribution is -2.43. The lowest BCUT2D eigenvalue weighted by atomic mass is 10.0. The van der Waals surface area contributed by atoms with E-state index in [0.29, 0.717) is 19.2 Å². The second kappa shape index (κ2) is 10.00. The first-order valence-electron chi connectivity index (χ1n) is 9.27. The summed E-state index contributed by atoms with van der Waals surface area (Å²) in [7, 11) is 1.20. The molecule has 0 aliphatic heterocycles. The Bertz CT molecular complexity index is 882. The topological polar surface area (TPSA) is 67.9 Å². The number of rotatable bonds is 7. The number of ether oxygens (including phenoxy) is 2. The maximum Gasteiger partial charge on any atom is 0.417 e. The van der Waals surface area contributed by atoms with Gasteiger partial charge in [0, 0.05) is 13.1 Å². The van der Waals surface area contributed by atoms with Gasteiger partial charge in [0.15, 0.2) is 11.5 Å². The molecule has 0 aliphatic rings. The highest BCUT2D eigenvalue weighted by Gasteiger charge is 2.37. The van der Waals surface area contributed by atoms with Crippen LogP contribution in [-0.4, -0.2) is 37.0 Å². The number of nitrogens with zero attached hydrogens (tertiary/aromatic N) is 1. The van der Waals surface area contributed by atoms with Crippen LogP contribution in [0.15, 0.2) is 42.5 Å². The van der Waals surface area contributed by atoms with E-state index in [2.05, 4.69) is 0 Å². The Balaban J connectivity index is 2.40. The number of nitrogens with one attached hydrogen (secondary N) is 1. The van der Waals surface area contributed by atoms with E-state index in [0.717, 1.165) is 11.6 Å². The van der Waals surface area contributed by atoms with Crippen LogP contribution in [0.2, 0.25) is 0 Å². The van der Waals surface area contributed by atoms with Gasteiger partial charge in [0.05, 0.1) is 18.2 Å². The molecule has 0 aromatic heterocycles. The van der Waals surface area contributed by atoms with Gasteiger partial charge in [0.25, 0.3) is 5.91 Å². The molecule has 9 heteroatoms. The summed E-state index contributed by atoms with van der Waals surface area (Å²) in [4.78, 5) is 25.9. The maximum atomic E-state index is 13.6. The Hall–Kier alpha value is -3.23. The first-order chi connectivity index (χ1) is 14.2. The van der Waals surface area contributed by atoms with Crippen molar-refractivity contribution in [2.75, 3.05) is 20.2 Å². The SMILES string of the molecule is CCN(CC)C(=O)NC(=O)c1cc(OCc2ccccc2)c(OC)cc1C(F)(F)F. The number of hydrogen-bond donors (Lipinski definition) is 1. The Kier molecular flexibility index (Phi) is 7.68.